The van der Waals surface area contributed by atoms with Crippen LogP contribution in [0.25, 0.3) is 77.2 Å². The molecular formula is C48H30N3OP. The smallest absolute Gasteiger partial charge is 0.235 e. The van der Waals surface area contributed by atoms with E-state index in [-0.39, 0.29) is 0 Å². The predicted molar refractivity (Wildman–Crippen MR) is 221 cm³/mol. The summed E-state index contributed by atoms with van der Waals surface area (Å²) in [6, 6.07) is 64.5. The highest BCUT2D eigenvalue weighted by Crippen LogP contribution is 2.66. The lowest BCUT2D eigenvalue weighted by atomic mass is 9.99. The summed E-state index contributed by atoms with van der Waals surface area (Å²) in [7, 11) is -3.35. The molecule has 0 radical (unpaired) electrons. The number of fused-ring (bicyclic) bond motifs is 17. The molecule has 0 N–H and O–H groups in total. The number of hydrogen-bond donors (Lipinski definition) is 0. The second-order valence-electron chi connectivity index (χ2n) is 14.1. The molecule has 0 saturated carbocycles. The summed E-state index contributed by atoms with van der Waals surface area (Å²) < 4.78 is 23.1. The molecule has 4 nitrogen and oxygen atoms in total. The molecule has 248 valence electrons. The second kappa shape index (κ2) is 10.5. The zero-order valence-electron chi connectivity index (χ0n) is 28.5. The molecule has 0 fully saturated rings. The van der Waals surface area contributed by atoms with Crippen LogP contribution in [0.2, 0.25) is 0 Å². The fraction of sp³-hybridized carbons (Fsp3) is 0. The van der Waals surface area contributed by atoms with Crippen molar-refractivity contribution in [2.45, 2.75) is 0 Å². The van der Waals surface area contributed by atoms with Crippen LogP contribution in [0.3, 0.4) is 0 Å². The molecule has 12 rings (SSSR count). The monoisotopic (exact) mass is 695 g/mol. The first-order valence-corrected chi connectivity index (χ1v) is 19.7. The van der Waals surface area contributed by atoms with Gasteiger partial charge in [0.1, 0.15) is 0 Å². The van der Waals surface area contributed by atoms with Gasteiger partial charge in [-0.05, 0) is 83.9 Å². The first-order valence-electron chi connectivity index (χ1n) is 18.1. The molecular weight excluding hydrogens is 666 g/mol. The van der Waals surface area contributed by atoms with Crippen LogP contribution in [0.5, 0.6) is 0 Å². The quantitative estimate of drug-likeness (QED) is 0.169. The van der Waals surface area contributed by atoms with Gasteiger partial charge in [0.15, 0.2) is 0 Å². The number of aromatic nitrogens is 2. The Bertz CT molecular complexity index is 2920. The normalized spacial score (nSPS) is 13.8. The van der Waals surface area contributed by atoms with Gasteiger partial charge in [0, 0.05) is 54.7 Å². The van der Waals surface area contributed by atoms with E-state index in [4.69, 9.17) is 0 Å². The minimum Gasteiger partial charge on any atom is -0.309 e. The summed E-state index contributed by atoms with van der Waals surface area (Å²) in [5.74, 6) is 0. The molecule has 0 amide bonds. The molecule has 10 aromatic rings. The highest BCUT2D eigenvalue weighted by atomic mass is 31.2. The van der Waals surface area contributed by atoms with Gasteiger partial charge in [0.25, 0.3) is 0 Å². The van der Waals surface area contributed by atoms with Crippen LogP contribution in [0.1, 0.15) is 0 Å². The Labute approximate surface area is 305 Å². The Kier molecular flexibility index (Phi) is 5.74. The topological polar surface area (TPSA) is 30.2 Å². The zero-order valence-corrected chi connectivity index (χ0v) is 29.4. The molecule has 0 unspecified atom stereocenters. The van der Waals surface area contributed by atoms with Gasteiger partial charge in [-0.3, -0.25) is 9.24 Å². The van der Waals surface area contributed by atoms with Gasteiger partial charge in [-0.25, -0.2) is 0 Å². The molecule has 0 saturated heterocycles. The number of hydrogen-bond acceptors (Lipinski definition) is 1. The highest BCUT2D eigenvalue weighted by molar-refractivity contribution is 7.81. The Hall–Kier alpha value is -6.61. The lowest BCUT2D eigenvalue weighted by Gasteiger charge is -2.44. The summed E-state index contributed by atoms with van der Waals surface area (Å²) in [4.78, 5) is 0. The van der Waals surface area contributed by atoms with E-state index in [0.29, 0.717) is 0 Å². The first kappa shape index (κ1) is 29.0. The third-order valence-electron chi connectivity index (χ3n) is 11.4. The standard InChI is InChI=1S/C48H30N3OP/c52-53-47-23-11-5-17-37(47)39-29-31(49-41-19-7-1-13-33(41)34-14-2-8-20-42(34)49)25-27-45(39)51(53)46-28-26-32(30-40(46)38-18-6-12-24-48(38)53)50-43-21-9-3-15-35(43)36-16-4-10-22-44(36)50/h1-30H. The van der Waals surface area contributed by atoms with Gasteiger partial charge in [-0.1, -0.05) is 109 Å². The van der Waals surface area contributed by atoms with Crippen molar-refractivity contribution >= 4 is 72.9 Å². The number of nitrogens with zero attached hydrogens (tertiary/aromatic N) is 3. The molecule has 4 heterocycles. The molecule has 2 aliphatic rings. The summed E-state index contributed by atoms with van der Waals surface area (Å²) in [5, 5.41) is 6.66. The molecule has 2 aliphatic heterocycles. The number of anilines is 2. The minimum atomic E-state index is -3.35. The Morgan fingerprint density at radius 3 is 1.08 bits per heavy atom. The molecule has 8 aromatic carbocycles. The van der Waals surface area contributed by atoms with E-state index in [2.05, 4.69) is 184 Å². The molecule has 0 bridgehead atoms. The molecule has 0 atom stereocenters. The largest absolute Gasteiger partial charge is 0.309 e. The van der Waals surface area contributed by atoms with E-state index >= 15 is 4.57 Å². The fourth-order valence-corrected chi connectivity index (χ4v) is 12.5. The van der Waals surface area contributed by atoms with Crippen LogP contribution >= 0.6 is 7.29 Å². The Morgan fingerprint density at radius 2 is 0.679 bits per heavy atom. The van der Waals surface area contributed by atoms with Crippen molar-refractivity contribution in [3.05, 3.63) is 182 Å². The summed E-state index contributed by atoms with van der Waals surface area (Å²) >= 11 is 0. The van der Waals surface area contributed by atoms with Gasteiger partial charge in [-0.15, -0.1) is 0 Å². The van der Waals surface area contributed by atoms with Crippen LogP contribution in [0, 0.1) is 0 Å². The second-order valence-corrected chi connectivity index (χ2v) is 16.6. The predicted octanol–water partition coefficient (Wildman–Crippen LogP) is 11.9. The average Bonchev–Trinajstić information content (AvgIpc) is 3.74. The van der Waals surface area contributed by atoms with Gasteiger partial charge >= 0.3 is 0 Å². The van der Waals surface area contributed by atoms with Gasteiger partial charge in [0.05, 0.1) is 33.4 Å². The van der Waals surface area contributed by atoms with Crippen LogP contribution in [0.4, 0.5) is 11.4 Å². The average molecular weight is 696 g/mol. The van der Waals surface area contributed by atoms with Crippen LogP contribution in [-0.4, -0.2) is 9.13 Å². The van der Waals surface area contributed by atoms with Crippen LogP contribution in [-0.2, 0) is 4.57 Å². The van der Waals surface area contributed by atoms with Crippen molar-refractivity contribution in [1.29, 1.82) is 0 Å². The molecule has 5 heteroatoms. The third kappa shape index (κ3) is 3.73. The van der Waals surface area contributed by atoms with Crippen molar-refractivity contribution in [2.75, 3.05) is 4.67 Å². The summed E-state index contributed by atoms with van der Waals surface area (Å²) in [6.07, 6.45) is 0. The molecule has 0 spiro atoms. The lowest BCUT2D eigenvalue weighted by molar-refractivity contribution is 0.586. The SMILES string of the molecule is O=P12c3ccccc3-c3cc(-n4c5ccccc5c5ccccc54)ccc3N1c1ccc(-n3c4ccccc4c4ccccc43)cc1-c1ccccc12. The minimum absolute atomic E-state index is 0.872. The van der Waals surface area contributed by atoms with Crippen molar-refractivity contribution < 1.29 is 4.57 Å². The van der Waals surface area contributed by atoms with E-state index in [9.17, 15) is 0 Å². The van der Waals surface area contributed by atoms with Crippen molar-refractivity contribution in [3.63, 3.8) is 0 Å². The number of benzene rings is 8. The molecule has 2 aromatic heterocycles. The van der Waals surface area contributed by atoms with Crippen molar-refractivity contribution in [2.24, 2.45) is 0 Å². The van der Waals surface area contributed by atoms with E-state index in [0.717, 1.165) is 55.6 Å². The zero-order chi connectivity index (χ0) is 34.8. The summed E-state index contributed by atoms with van der Waals surface area (Å²) in [6.45, 7) is 0. The van der Waals surface area contributed by atoms with Crippen LogP contribution in [0.15, 0.2) is 182 Å². The third-order valence-corrected chi connectivity index (χ3v) is 14.5. The first-order chi connectivity index (χ1) is 26.2. The molecule has 0 aliphatic carbocycles. The highest BCUT2D eigenvalue weighted by Gasteiger charge is 2.47. The van der Waals surface area contributed by atoms with Crippen LogP contribution < -0.4 is 15.3 Å². The number of para-hydroxylation sites is 4. The Balaban J connectivity index is 1.13. The maximum Gasteiger partial charge on any atom is 0.235 e. The van der Waals surface area contributed by atoms with Gasteiger partial charge in [-0.2, -0.15) is 0 Å². The van der Waals surface area contributed by atoms with E-state index in [1.807, 2.05) is 12.1 Å². The fourth-order valence-electron chi connectivity index (χ4n) is 9.24. The van der Waals surface area contributed by atoms with Crippen molar-refractivity contribution in [1.82, 2.24) is 9.13 Å². The van der Waals surface area contributed by atoms with E-state index < -0.39 is 7.29 Å². The summed E-state index contributed by atoms with van der Waals surface area (Å²) in [5.41, 5.74) is 12.9. The number of rotatable bonds is 2. The molecule has 53 heavy (non-hydrogen) atoms. The maximum absolute atomic E-state index is 16.2. The maximum atomic E-state index is 16.2. The van der Waals surface area contributed by atoms with Gasteiger partial charge < -0.3 is 9.13 Å². The Morgan fingerprint density at radius 1 is 0.340 bits per heavy atom. The van der Waals surface area contributed by atoms with Gasteiger partial charge in [0.2, 0.25) is 7.29 Å². The van der Waals surface area contributed by atoms with Crippen molar-refractivity contribution in [3.8, 4) is 33.6 Å². The lowest BCUT2D eigenvalue weighted by Crippen LogP contribution is -2.37. The van der Waals surface area contributed by atoms with E-state index in [1.54, 1.807) is 0 Å². The van der Waals surface area contributed by atoms with E-state index in [1.165, 1.54) is 43.6 Å².